The lowest BCUT2D eigenvalue weighted by Crippen LogP contribution is -2.64. The number of carbonyl (C=O) groups is 7. The third-order valence-electron chi connectivity index (χ3n) is 13.7. The van der Waals surface area contributed by atoms with Crippen molar-refractivity contribution >= 4 is 41.4 Å². The van der Waals surface area contributed by atoms with Crippen LogP contribution in [0.4, 0.5) is 0 Å². The number of aromatic hydroxyl groups is 1. The number of phenols is 1. The molecule has 4 rings (SSSR count). The minimum absolute atomic E-state index is 0.0536. The van der Waals surface area contributed by atoms with Crippen molar-refractivity contribution in [3.63, 3.8) is 0 Å². The van der Waals surface area contributed by atoms with Crippen LogP contribution in [0.15, 0.2) is 48.6 Å². The molecular weight excluding hydrogens is 963 g/mol. The van der Waals surface area contributed by atoms with Gasteiger partial charge in [-0.25, -0.2) is 0 Å². The Morgan fingerprint density at radius 3 is 1.88 bits per heavy atom. The Morgan fingerprint density at radius 2 is 1.26 bits per heavy atom. The number of carbonyl (C=O) groups excluding carboxylic acids is 7. The van der Waals surface area contributed by atoms with E-state index in [1.807, 2.05) is 0 Å². The van der Waals surface area contributed by atoms with E-state index in [1.54, 1.807) is 0 Å². The first-order valence-electron chi connectivity index (χ1n) is 26.1. The van der Waals surface area contributed by atoms with E-state index in [0.717, 1.165) is 62.2 Å². The first-order chi connectivity index (χ1) is 35.1. The SMILES string of the molecule is CCCCC/C=C\C/C=C\CCCCCCCC(=O)NC1C[C@@H](O)[C@@H](O)NC(=O)C2[C@@H](O)[C@@H](C)CN2C(=O)C([C@@H](C)O)NC(=O)[C@H]([C@H](O)Cc2ccc(O)cc2)NC(=O)[C@@H]2C[C@@H](O)CN2C(=O)[C@H]([C@@H](C)O)NC1=O. The van der Waals surface area contributed by atoms with Gasteiger partial charge in [0.15, 0.2) is 6.23 Å². The summed E-state index contributed by atoms with van der Waals surface area (Å²) in [6.45, 7) is 5.17. The van der Waals surface area contributed by atoms with Gasteiger partial charge in [0.25, 0.3) is 0 Å². The molecule has 3 aliphatic rings. The average molecular weight is 1040 g/mol. The van der Waals surface area contributed by atoms with Crippen LogP contribution >= 0.6 is 0 Å². The van der Waals surface area contributed by atoms with E-state index in [9.17, 15) is 74.4 Å². The Kier molecular flexibility index (Phi) is 24.9. The van der Waals surface area contributed by atoms with Crippen LogP contribution in [-0.4, -0.2) is 184 Å². The largest absolute Gasteiger partial charge is 0.508 e. The third-order valence-corrected chi connectivity index (χ3v) is 13.7. The van der Waals surface area contributed by atoms with E-state index in [4.69, 9.17) is 0 Å². The van der Waals surface area contributed by atoms with Gasteiger partial charge in [0, 0.05) is 44.7 Å². The first kappa shape index (κ1) is 61.1. The lowest BCUT2D eigenvalue weighted by atomic mass is 9.99. The predicted octanol–water partition coefficient (Wildman–Crippen LogP) is -0.821. The number of hydrogen-bond donors (Lipinski definition) is 13. The van der Waals surface area contributed by atoms with E-state index in [0.29, 0.717) is 18.4 Å². The Bertz CT molecular complexity index is 2070. The van der Waals surface area contributed by atoms with Crippen LogP contribution in [0.5, 0.6) is 5.75 Å². The van der Waals surface area contributed by atoms with Gasteiger partial charge in [-0.3, -0.25) is 33.6 Å². The number of allylic oxidation sites excluding steroid dienone is 4. The summed E-state index contributed by atoms with van der Waals surface area (Å²) in [6, 6.07) is -5.28. The van der Waals surface area contributed by atoms with E-state index in [2.05, 4.69) is 57.8 Å². The van der Waals surface area contributed by atoms with Crippen LogP contribution in [-0.2, 0) is 40.0 Å². The first-order valence-corrected chi connectivity index (χ1v) is 26.1. The zero-order chi connectivity index (χ0) is 54.6. The van der Waals surface area contributed by atoms with Gasteiger partial charge in [0.1, 0.15) is 48.1 Å². The smallest absolute Gasteiger partial charge is 0.248 e. The van der Waals surface area contributed by atoms with Crippen molar-refractivity contribution in [3.8, 4) is 5.75 Å². The van der Waals surface area contributed by atoms with Gasteiger partial charge >= 0.3 is 0 Å². The molecule has 0 saturated carbocycles. The van der Waals surface area contributed by atoms with E-state index in [-0.39, 0.29) is 25.1 Å². The van der Waals surface area contributed by atoms with Gasteiger partial charge in [0.2, 0.25) is 41.4 Å². The van der Waals surface area contributed by atoms with Crippen molar-refractivity contribution in [2.24, 2.45) is 5.92 Å². The molecule has 22 nitrogen and oxygen atoms in total. The van der Waals surface area contributed by atoms with Gasteiger partial charge in [-0.15, -0.1) is 0 Å². The summed E-state index contributed by atoms with van der Waals surface area (Å²) in [7, 11) is 0. The summed E-state index contributed by atoms with van der Waals surface area (Å²) >= 11 is 0. The lowest BCUT2D eigenvalue weighted by Gasteiger charge is -2.33. The standard InChI is InChI=1S/C52H81N7O15/c1-5-6-7-8-9-10-11-12-13-14-15-16-17-18-19-20-40(66)53-36-27-39(65)48(70)57-50(72)44-45(67)30(2)28-59(44)52(74)42(32(4)61)55-49(71)43(38(64)25-33-21-23-34(62)24-22-33)56-47(69)37-26-35(63)29-58(37)51(73)41(31(3)60)54-46(36)68/h9-10,12-13,21-24,30-32,35-39,41-45,48,60-65,67,70H,5-8,11,14-20,25-29H2,1-4H3,(H,53,66)(H,54,68)(H,55,71)(H,56,69)(H,57,72)/b10-9-,13-12-/t30-,31+,32+,35+,36?,37-,38+,39+,41-,42?,43-,44?,45-,48+/m0/s1. The highest BCUT2D eigenvalue weighted by Gasteiger charge is 2.50. The van der Waals surface area contributed by atoms with Crippen LogP contribution in [0.3, 0.4) is 0 Å². The van der Waals surface area contributed by atoms with Crippen molar-refractivity contribution in [2.45, 2.75) is 203 Å². The summed E-state index contributed by atoms with van der Waals surface area (Å²) in [6.07, 6.45) is 5.11. The number of benzene rings is 1. The Balaban J connectivity index is 1.60. The number of unbranched alkanes of at least 4 members (excludes halogenated alkanes) is 8. The van der Waals surface area contributed by atoms with E-state index < -0.39 is 146 Å². The number of fused-ring (bicyclic) bond motifs is 2. The highest BCUT2D eigenvalue weighted by atomic mass is 16.3. The summed E-state index contributed by atoms with van der Waals surface area (Å²) < 4.78 is 0. The van der Waals surface area contributed by atoms with Crippen molar-refractivity contribution in [2.75, 3.05) is 13.1 Å². The van der Waals surface area contributed by atoms with Gasteiger partial charge in [-0.2, -0.15) is 0 Å². The fraction of sp³-hybridized carbons (Fsp3) is 0.673. The second-order valence-electron chi connectivity index (χ2n) is 20.0. The molecule has 3 saturated heterocycles. The molecule has 74 heavy (non-hydrogen) atoms. The topological polar surface area (TPSA) is 348 Å². The van der Waals surface area contributed by atoms with E-state index in [1.165, 1.54) is 50.5 Å². The number of aliphatic hydroxyl groups excluding tert-OH is 7. The minimum Gasteiger partial charge on any atom is -0.508 e. The maximum absolute atomic E-state index is 14.3. The van der Waals surface area contributed by atoms with Crippen molar-refractivity contribution in [1.29, 1.82) is 0 Å². The van der Waals surface area contributed by atoms with Gasteiger partial charge in [0.05, 0.1) is 30.5 Å². The molecule has 414 valence electrons. The Morgan fingerprint density at radius 1 is 0.689 bits per heavy atom. The molecule has 14 atom stereocenters. The molecule has 13 N–H and O–H groups in total. The normalized spacial score (nSPS) is 29.2. The number of nitrogens with one attached hydrogen (secondary N) is 5. The Labute approximate surface area is 433 Å². The van der Waals surface area contributed by atoms with Gasteiger partial charge < -0.3 is 77.2 Å². The molecule has 3 aliphatic heterocycles. The molecular formula is C52H81N7O15. The van der Waals surface area contributed by atoms with Crippen molar-refractivity contribution in [1.82, 2.24) is 36.4 Å². The van der Waals surface area contributed by atoms with Crippen LogP contribution in [0.25, 0.3) is 0 Å². The highest BCUT2D eigenvalue weighted by Crippen LogP contribution is 2.27. The molecule has 1 aromatic carbocycles. The highest BCUT2D eigenvalue weighted by molar-refractivity contribution is 5.98. The van der Waals surface area contributed by atoms with Crippen molar-refractivity contribution in [3.05, 3.63) is 54.1 Å². The van der Waals surface area contributed by atoms with Gasteiger partial charge in [-0.1, -0.05) is 82.4 Å². The van der Waals surface area contributed by atoms with Gasteiger partial charge in [-0.05, 0) is 70.1 Å². The second kappa shape index (κ2) is 30.2. The third kappa shape index (κ3) is 18.1. The molecule has 22 heteroatoms. The summed E-state index contributed by atoms with van der Waals surface area (Å²) in [5.74, 6) is -8.35. The molecule has 1 aromatic rings. The van der Waals surface area contributed by atoms with Crippen molar-refractivity contribution < 1.29 is 74.4 Å². The van der Waals surface area contributed by atoms with Crippen LogP contribution in [0, 0.1) is 5.92 Å². The monoisotopic (exact) mass is 1040 g/mol. The minimum atomic E-state index is -2.20. The maximum Gasteiger partial charge on any atom is 0.248 e. The fourth-order valence-electron chi connectivity index (χ4n) is 9.36. The quantitative estimate of drug-likeness (QED) is 0.0561. The van der Waals surface area contributed by atoms with E-state index >= 15 is 0 Å². The molecule has 3 fully saturated rings. The number of aliphatic hydroxyl groups is 7. The molecule has 0 bridgehead atoms. The molecule has 3 unspecified atom stereocenters. The number of rotatable bonds is 20. The molecule has 0 spiro atoms. The number of amides is 7. The van der Waals surface area contributed by atoms with Crippen LogP contribution in [0.1, 0.15) is 123 Å². The zero-order valence-corrected chi connectivity index (χ0v) is 43.1. The molecule has 0 aromatic heterocycles. The molecule has 0 aliphatic carbocycles. The molecule has 7 amide bonds. The predicted molar refractivity (Wildman–Crippen MR) is 270 cm³/mol. The lowest BCUT2D eigenvalue weighted by molar-refractivity contribution is -0.148. The zero-order valence-electron chi connectivity index (χ0n) is 43.1. The number of nitrogens with zero attached hydrogens (tertiary/aromatic N) is 2. The fourth-order valence-corrected chi connectivity index (χ4v) is 9.36. The average Bonchev–Trinajstić information content (AvgIpc) is 3.89. The Hall–Kier alpha value is -5.49. The number of hydrogen-bond acceptors (Lipinski definition) is 15. The summed E-state index contributed by atoms with van der Waals surface area (Å²) in [5.41, 5.74) is 0.378. The summed E-state index contributed by atoms with van der Waals surface area (Å²) in [5, 5.41) is 99.5. The molecule has 0 radical (unpaired) electrons. The molecule has 3 heterocycles. The second-order valence-corrected chi connectivity index (χ2v) is 20.0. The van der Waals surface area contributed by atoms with Crippen LogP contribution < -0.4 is 26.6 Å². The maximum atomic E-state index is 14.3. The number of phenolic OH excluding ortho intramolecular Hbond substituents is 1. The van der Waals surface area contributed by atoms with Crippen LogP contribution in [0.2, 0.25) is 0 Å². The summed E-state index contributed by atoms with van der Waals surface area (Å²) in [4.78, 5) is 100.